The minimum Gasteiger partial charge on any atom is -0.363 e. The maximum absolute atomic E-state index is 4.45. The van der Waals surface area contributed by atoms with E-state index in [1.165, 1.54) is 6.33 Å². The van der Waals surface area contributed by atoms with Crippen molar-refractivity contribution in [2.75, 3.05) is 11.6 Å². The van der Waals surface area contributed by atoms with E-state index in [1.54, 1.807) is 35.5 Å². The third-order valence-electron chi connectivity index (χ3n) is 3.15. The molecule has 0 unspecified atom stereocenters. The van der Waals surface area contributed by atoms with Crippen LogP contribution in [0.15, 0.2) is 35.2 Å². The smallest absolute Gasteiger partial charge is 0.176 e. The number of anilines is 1. The summed E-state index contributed by atoms with van der Waals surface area (Å²) >= 11 is 3.20. The number of thiazole rings is 1. The molecule has 0 aromatic carbocycles. The summed E-state index contributed by atoms with van der Waals surface area (Å²) in [6.07, 6.45) is 7.05. The molecule has 0 saturated heterocycles. The Balaban J connectivity index is 1.66. The number of thioether (sulfide) groups is 1. The Morgan fingerprint density at radius 2 is 2.18 bits per heavy atom. The molecule has 4 aromatic rings. The highest BCUT2D eigenvalue weighted by Crippen LogP contribution is 2.30. The number of aromatic nitrogens is 6. The highest BCUT2D eigenvalue weighted by atomic mass is 32.2. The topological polar surface area (TPSA) is 80.9 Å². The van der Waals surface area contributed by atoms with E-state index in [0.29, 0.717) is 6.54 Å². The number of hydrogen-bond acceptors (Lipinski definition) is 8. The van der Waals surface area contributed by atoms with Crippen molar-refractivity contribution in [1.82, 2.24) is 29.5 Å². The molecule has 0 saturated carbocycles. The number of hydrogen-bond donors (Lipinski definition) is 1. The molecule has 4 heterocycles. The van der Waals surface area contributed by atoms with Crippen LogP contribution in [0.4, 0.5) is 5.82 Å². The molecule has 0 bridgehead atoms. The zero-order valence-electron chi connectivity index (χ0n) is 11.6. The lowest BCUT2D eigenvalue weighted by Crippen LogP contribution is -2.07. The summed E-state index contributed by atoms with van der Waals surface area (Å²) in [6.45, 7) is 0.597. The summed E-state index contributed by atoms with van der Waals surface area (Å²) in [5.74, 6) is 0.792. The minimum absolute atomic E-state index is 0.597. The van der Waals surface area contributed by atoms with Gasteiger partial charge in [-0.05, 0) is 12.3 Å². The van der Waals surface area contributed by atoms with Crippen molar-refractivity contribution in [3.8, 4) is 0 Å². The van der Waals surface area contributed by atoms with Crippen molar-refractivity contribution < 1.29 is 0 Å². The van der Waals surface area contributed by atoms with Crippen LogP contribution in [0.1, 0.15) is 5.69 Å². The Morgan fingerprint density at radius 1 is 1.23 bits per heavy atom. The molecule has 4 rings (SSSR count). The van der Waals surface area contributed by atoms with Gasteiger partial charge in [0.05, 0.1) is 18.4 Å². The van der Waals surface area contributed by atoms with Gasteiger partial charge in [0, 0.05) is 12.3 Å². The first-order valence-corrected chi connectivity index (χ1v) is 8.56. The van der Waals surface area contributed by atoms with Gasteiger partial charge in [0.25, 0.3) is 0 Å². The molecule has 7 nitrogen and oxygen atoms in total. The Kier molecular flexibility index (Phi) is 3.35. The van der Waals surface area contributed by atoms with Crippen molar-refractivity contribution in [2.24, 2.45) is 0 Å². The zero-order chi connectivity index (χ0) is 14.9. The second-order valence-electron chi connectivity index (χ2n) is 4.45. The number of nitrogens with one attached hydrogen (secondary N) is 1. The molecule has 0 aliphatic rings. The van der Waals surface area contributed by atoms with E-state index < -0.39 is 0 Å². The van der Waals surface area contributed by atoms with Crippen molar-refractivity contribution in [3.63, 3.8) is 0 Å². The second kappa shape index (κ2) is 5.50. The molecule has 0 radical (unpaired) electrons. The first-order valence-electron chi connectivity index (χ1n) is 6.52. The van der Waals surface area contributed by atoms with Crippen molar-refractivity contribution in [3.05, 3.63) is 36.5 Å². The van der Waals surface area contributed by atoms with Crippen LogP contribution < -0.4 is 5.32 Å². The molecule has 110 valence electrons. The Bertz CT molecular complexity index is 946. The van der Waals surface area contributed by atoms with Crippen LogP contribution in [-0.2, 0) is 6.54 Å². The van der Waals surface area contributed by atoms with Crippen molar-refractivity contribution in [1.29, 1.82) is 0 Å². The van der Waals surface area contributed by atoms with Gasteiger partial charge in [-0.2, -0.15) is 5.10 Å². The molecule has 0 spiro atoms. The van der Waals surface area contributed by atoms with E-state index in [2.05, 4.69) is 30.4 Å². The standard InChI is InChI=1S/C13H11N7S2/c1-21-13-19-12-10(22-13)11(16-7-17-12)15-6-8-2-4-14-9-3-5-18-20(8)9/h2-5,7H,6H2,1H3,(H,15,16,17). The lowest BCUT2D eigenvalue weighted by Gasteiger charge is -2.07. The Labute approximate surface area is 133 Å². The molecule has 0 fully saturated rings. The maximum atomic E-state index is 4.45. The van der Waals surface area contributed by atoms with Crippen LogP contribution in [0.3, 0.4) is 0 Å². The van der Waals surface area contributed by atoms with E-state index in [-0.39, 0.29) is 0 Å². The van der Waals surface area contributed by atoms with Gasteiger partial charge in [0.15, 0.2) is 15.6 Å². The number of rotatable bonds is 4. The lowest BCUT2D eigenvalue weighted by molar-refractivity contribution is 0.852. The van der Waals surface area contributed by atoms with Crippen LogP contribution in [-0.4, -0.2) is 35.8 Å². The van der Waals surface area contributed by atoms with E-state index in [4.69, 9.17) is 0 Å². The van der Waals surface area contributed by atoms with Gasteiger partial charge in [-0.25, -0.2) is 24.5 Å². The molecule has 0 aliphatic carbocycles. The molecule has 0 aliphatic heterocycles. The number of fused-ring (bicyclic) bond motifs is 2. The van der Waals surface area contributed by atoms with Gasteiger partial charge < -0.3 is 5.32 Å². The van der Waals surface area contributed by atoms with E-state index >= 15 is 0 Å². The molecule has 1 N–H and O–H groups in total. The normalized spacial score (nSPS) is 11.3. The molecule has 4 aromatic heterocycles. The lowest BCUT2D eigenvalue weighted by atomic mass is 10.4. The van der Waals surface area contributed by atoms with Crippen LogP contribution in [0.2, 0.25) is 0 Å². The summed E-state index contributed by atoms with van der Waals surface area (Å²) in [6, 6.07) is 3.81. The van der Waals surface area contributed by atoms with Gasteiger partial charge in [0.1, 0.15) is 16.8 Å². The van der Waals surface area contributed by atoms with E-state index in [9.17, 15) is 0 Å². The van der Waals surface area contributed by atoms with Gasteiger partial charge >= 0.3 is 0 Å². The fraction of sp³-hybridized carbons (Fsp3) is 0.154. The number of nitrogens with zero attached hydrogens (tertiary/aromatic N) is 6. The van der Waals surface area contributed by atoms with Crippen molar-refractivity contribution >= 4 is 44.9 Å². The summed E-state index contributed by atoms with van der Waals surface area (Å²) in [5, 5.41) is 7.62. The van der Waals surface area contributed by atoms with Crippen molar-refractivity contribution in [2.45, 2.75) is 10.9 Å². The summed E-state index contributed by atoms with van der Waals surface area (Å²) in [4.78, 5) is 17.3. The first-order chi connectivity index (χ1) is 10.8. The van der Waals surface area contributed by atoms with E-state index in [1.807, 2.05) is 22.9 Å². The monoisotopic (exact) mass is 329 g/mol. The van der Waals surface area contributed by atoms with Gasteiger partial charge in [-0.15, -0.1) is 11.3 Å². The molecule has 0 atom stereocenters. The Hall–Kier alpha value is -2.26. The average Bonchev–Trinajstić information content (AvgIpc) is 3.19. The third-order valence-corrected chi connectivity index (χ3v) is 5.19. The summed E-state index contributed by atoms with van der Waals surface area (Å²) in [7, 11) is 0. The van der Waals surface area contributed by atoms with Crippen LogP contribution in [0.25, 0.3) is 16.0 Å². The zero-order valence-corrected chi connectivity index (χ0v) is 13.2. The van der Waals surface area contributed by atoms with Crippen LogP contribution in [0, 0.1) is 0 Å². The predicted octanol–water partition coefficient (Wildman–Crippen LogP) is 2.46. The highest BCUT2D eigenvalue weighted by Gasteiger charge is 2.10. The molecule has 22 heavy (non-hydrogen) atoms. The first kappa shape index (κ1) is 13.4. The second-order valence-corrected chi connectivity index (χ2v) is 6.50. The van der Waals surface area contributed by atoms with Gasteiger partial charge in [-0.1, -0.05) is 11.8 Å². The fourth-order valence-corrected chi connectivity index (χ4v) is 3.62. The predicted molar refractivity (Wildman–Crippen MR) is 87.3 cm³/mol. The molecule has 9 heteroatoms. The van der Waals surface area contributed by atoms with Gasteiger partial charge in [-0.3, -0.25) is 0 Å². The highest BCUT2D eigenvalue weighted by molar-refractivity contribution is 8.00. The largest absolute Gasteiger partial charge is 0.363 e. The fourth-order valence-electron chi connectivity index (χ4n) is 2.14. The summed E-state index contributed by atoms with van der Waals surface area (Å²) < 4.78 is 3.76. The van der Waals surface area contributed by atoms with E-state index in [0.717, 1.165) is 31.8 Å². The average molecular weight is 329 g/mol. The molecular formula is C13H11N7S2. The van der Waals surface area contributed by atoms with Crippen LogP contribution >= 0.6 is 23.1 Å². The Morgan fingerprint density at radius 3 is 3.09 bits per heavy atom. The molecular weight excluding hydrogens is 318 g/mol. The summed E-state index contributed by atoms with van der Waals surface area (Å²) in [5.41, 5.74) is 2.57. The third kappa shape index (κ3) is 2.28. The SMILES string of the molecule is CSc1nc2ncnc(NCc3ccnc4ccnn34)c2s1. The van der Waals surface area contributed by atoms with Crippen LogP contribution in [0.5, 0.6) is 0 Å². The quantitative estimate of drug-likeness (QED) is 0.576. The maximum Gasteiger partial charge on any atom is 0.176 e. The molecule has 0 amide bonds. The van der Waals surface area contributed by atoms with Gasteiger partial charge in [0.2, 0.25) is 0 Å². The minimum atomic E-state index is 0.597.